The Morgan fingerprint density at radius 3 is 2.76 bits per heavy atom. The second-order valence-corrected chi connectivity index (χ2v) is 6.15. The van der Waals surface area contributed by atoms with Crippen LogP contribution in [-0.2, 0) is 21.8 Å². The van der Waals surface area contributed by atoms with Crippen LogP contribution in [0.5, 0.6) is 0 Å². The molecule has 0 saturated heterocycles. The molecule has 0 bridgehead atoms. The zero-order valence-electron chi connectivity index (χ0n) is 11.0. The van der Waals surface area contributed by atoms with Gasteiger partial charge in [-0.3, -0.25) is 9.59 Å². The lowest BCUT2D eigenvalue weighted by Crippen LogP contribution is -2.00. The van der Waals surface area contributed by atoms with Crippen LogP contribution in [0, 0.1) is 0 Å². The molecule has 0 fully saturated rings. The minimum Gasteiger partial charge on any atom is -0.481 e. The van der Waals surface area contributed by atoms with Crippen LogP contribution in [0.2, 0.25) is 0 Å². The van der Waals surface area contributed by atoms with Gasteiger partial charge in [-0.15, -0.1) is 23.1 Å². The highest BCUT2D eigenvalue weighted by atomic mass is 32.2. The third kappa shape index (κ3) is 4.87. The van der Waals surface area contributed by atoms with E-state index in [1.807, 2.05) is 24.3 Å². The predicted octanol–water partition coefficient (Wildman–Crippen LogP) is 2.76. The molecule has 110 valence electrons. The number of aliphatic carboxylic acids is 2. The van der Waals surface area contributed by atoms with E-state index >= 15 is 0 Å². The van der Waals surface area contributed by atoms with Crippen LogP contribution in [0.3, 0.4) is 0 Å². The monoisotopic (exact) mass is 323 g/mol. The maximum absolute atomic E-state index is 10.7. The van der Waals surface area contributed by atoms with Gasteiger partial charge in [-0.1, -0.05) is 18.2 Å². The molecule has 2 aromatic rings. The Bertz CT molecular complexity index is 654. The third-order valence-electron chi connectivity index (χ3n) is 2.55. The van der Waals surface area contributed by atoms with E-state index in [4.69, 9.17) is 10.2 Å². The Morgan fingerprint density at radius 1 is 1.24 bits per heavy atom. The van der Waals surface area contributed by atoms with Gasteiger partial charge in [0, 0.05) is 16.7 Å². The highest BCUT2D eigenvalue weighted by Crippen LogP contribution is 2.26. The topological polar surface area (TPSA) is 87.5 Å². The number of benzene rings is 1. The van der Waals surface area contributed by atoms with Crippen molar-refractivity contribution in [3.05, 3.63) is 40.9 Å². The third-order valence-corrected chi connectivity index (χ3v) is 4.48. The second-order valence-electron chi connectivity index (χ2n) is 4.30. The van der Waals surface area contributed by atoms with Crippen molar-refractivity contribution in [2.24, 2.45) is 0 Å². The Labute approximate surface area is 129 Å². The zero-order chi connectivity index (χ0) is 15.2. The lowest BCUT2D eigenvalue weighted by Gasteiger charge is -2.02. The average Bonchev–Trinajstić information content (AvgIpc) is 2.86. The first kappa shape index (κ1) is 15.5. The number of carbonyl (C=O) groups is 2. The van der Waals surface area contributed by atoms with E-state index < -0.39 is 11.9 Å². The van der Waals surface area contributed by atoms with Gasteiger partial charge >= 0.3 is 11.9 Å². The van der Waals surface area contributed by atoms with Crippen LogP contribution in [0.4, 0.5) is 0 Å². The molecule has 0 unspecified atom stereocenters. The van der Waals surface area contributed by atoms with Crippen molar-refractivity contribution in [1.29, 1.82) is 0 Å². The van der Waals surface area contributed by atoms with Gasteiger partial charge in [0.1, 0.15) is 5.01 Å². The van der Waals surface area contributed by atoms with Crippen molar-refractivity contribution in [3.63, 3.8) is 0 Å². The quantitative estimate of drug-likeness (QED) is 0.814. The van der Waals surface area contributed by atoms with Crippen molar-refractivity contribution in [3.8, 4) is 10.6 Å². The fraction of sp³-hybridized carbons (Fsp3) is 0.214. The summed E-state index contributed by atoms with van der Waals surface area (Å²) in [7, 11) is 0. The number of nitrogens with zero attached hydrogens (tertiary/aromatic N) is 1. The summed E-state index contributed by atoms with van der Waals surface area (Å²) >= 11 is 2.74. The van der Waals surface area contributed by atoms with Crippen LogP contribution in [0.15, 0.2) is 29.6 Å². The summed E-state index contributed by atoms with van der Waals surface area (Å²) in [5, 5.41) is 19.9. The molecule has 2 N–H and O–H groups in total. The van der Waals surface area contributed by atoms with E-state index in [0.717, 1.165) is 16.1 Å². The predicted molar refractivity (Wildman–Crippen MR) is 82.7 cm³/mol. The average molecular weight is 323 g/mol. The first-order valence-corrected chi connectivity index (χ1v) is 8.13. The van der Waals surface area contributed by atoms with Gasteiger partial charge in [0.25, 0.3) is 0 Å². The molecule has 1 aromatic heterocycles. The normalized spacial score (nSPS) is 10.5. The molecule has 21 heavy (non-hydrogen) atoms. The number of hydrogen-bond acceptors (Lipinski definition) is 5. The Balaban J connectivity index is 2.07. The minimum atomic E-state index is -0.898. The highest BCUT2D eigenvalue weighted by molar-refractivity contribution is 7.99. The largest absolute Gasteiger partial charge is 0.481 e. The lowest BCUT2D eigenvalue weighted by molar-refractivity contribution is -0.136. The Hall–Kier alpha value is -1.86. The van der Waals surface area contributed by atoms with E-state index in [0.29, 0.717) is 11.4 Å². The molecule has 1 heterocycles. The highest BCUT2D eigenvalue weighted by Gasteiger charge is 2.08. The summed E-state index contributed by atoms with van der Waals surface area (Å²) in [5.41, 5.74) is 2.49. The number of carboxylic acids is 2. The van der Waals surface area contributed by atoms with Crippen LogP contribution >= 0.6 is 23.1 Å². The van der Waals surface area contributed by atoms with Gasteiger partial charge in [-0.2, -0.15) is 0 Å². The molecule has 0 aliphatic heterocycles. The molecule has 5 nitrogen and oxygen atoms in total. The van der Waals surface area contributed by atoms with Gasteiger partial charge in [0.15, 0.2) is 0 Å². The van der Waals surface area contributed by atoms with E-state index in [9.17, 15) is 9.59 Å². The summed E-state index contributed by atoms with van der Waals surface area (Å²) in [6.07, 6.45) is -0.0787. The van der Waals surface area contributed by atoms with Crippen LogP contribution in [-0.4, -0.2) is 32.9 Å². The SMILES string of the molecule is O=C(O)CSCc1cccc(-c2nc(CC(=O)O)cs2)c1. The number of thioether (sulfide) groups is 1. The van der Waals surface area contributed by atoms with Crippen LogP contribution in [0.1, 0.15) is 11.3 Å². The molecule has 0 spiro atoms. The van der Waals surface area contributed by atoms with E-state index in [2.05, 4.69) is 4.98 Å². The van der Waals surface area contributed by atoms with Gasteiger partial charge in [0.2, 0.25) is 0 Å². The molecule has 2 rings (SSSR count). The summed E-state index contributed by atoms with van der Waals surface area (Å²) in [6, 6.07) is 7.70. The molecule has 0 aliphatic carbocycles. The number of carboxylic acid groups (broad SMARTS) is 2. The molecule has 1 aromatic carbocycles. The molecule has 0 aliphatic rings. The van der Waals surface area contributed by atoms with E-state index in [1.54, 1.807) is 5.38 Å². The maximum atomic E-state index is 10.7. The van der Waals surface area contributed by atoms with E-state index in [1.165, 1.54) is 23.1 Å². The molecule has 0 atom stereocenters. The summed E-state index contributed by atoms with van der Waals surface area (Å²) < 4.78 is 0. The van der Waals surface area contributed by atoms with Gasteiger partial charge in [-0.25, -0.2) is 4.98 Å². The zero-order valence-corrected chi connectivity index (χ0v) is 12.6. The van der Waals surface area contributed by atoms with Crippen molar-refractivity contribution in [1.82, 2.24) is 4.98 Å². The van der Waals surface area contributed by atoms with Crippen LogP contribution in [0.25, 0.3) is 10.6 Å². The van der Waals surface area contributed by atoms with Crippen molar-refractivity contribution in [2.75, 3.05) is 5.75 Å². The number of thiazole rings is 1. The number of aromatic nitrogens is 1. The van der Waals surface area contributed by atoms with Gasteiger partial charge in [-0.05, 0) is 11.6 Å². The molecule has 0 radical (unpaired) electrons. The lowest BCUT2D eigenvalue weighted by atomic mass is 10.1. The first-order chi connectivity index (χ1) is 10.0. The van der Waals surface area contributed by atoms with Crippen molar-refractivity contribution >= 4 is 35.0 Å². The van der Waals surface area contributed by atoms with E-state index in [-0.39, 0.29) is 12.2 Å². The first-order valence-electron chi connectivity index (χ1n) is 6.09. The molecule has 7 heteroatoms. The smallest absolute Gasteiger partial charge is 0.313 e. The van der Waals surface area contributed by atoms with Gasteiger partial charge in [0.05, 0.1) is 17.9 Å². The summed E-state index contributed by atoms with van der Waals surface area (Å²) in [4.78, 5) is 25.5. The number of rotatable bonds is 7. The van der Waals surface area contributed by atoms with Gasteiger partial charge < -0.3 is 10.2 Å². The molecular formula is C14H13NO4S2. The summed E-state index contributed by atoms with van der Waals surface area (Å²) in [6.45, 7) is 0. The molecular weight excluding hydrogens is 310 g/mol. The second kappa shape index (κ2) is 7.24. The molecule has 0 amide bonds. The summed E-state index contributed by atoms with van der Waals surface area (Å²) in [5.74, 6) is -1.03. The van der Waals surface area contributed by atoms with Crippen LogP contribution < -0.4 is 0 Å². The minimum absolute atomic E-state index is 0.0737. The standard InChI is InChI=1S/C14H13NO4S2/c16-12(17)5-11-7-21-14(15-11)10-3-1-2-9(4-10)6-20-8-13(18)19/h1-4,7H,5-6,8H2,(H,16,17)(H,18,19). The van der Waals surface area contributed by atoms with Crippen molar-refractivity contribution < 1.29 is 19.8 Å². The fourth-order valence-corrected chi connectivity index (χ4v) is 3.23. The number of hydrogen-bond donors (Lipinski definition) is 2. The maximum Gasteiger partial charge on any atom is 0.313 e. The Kier molecular flexibility index (Phi) is 5.35. The van der Waals surface area contributed by atoms with Crippen molar-refractivity contribution in [2.45, 2.75) is 12.2 Å². The fourth-order valence-electron chi connectivity index (χ4n) is 1.73. The Morgan fingerprint density at radius 2 is 2.05 bits per heavy atom. The molecule has 0 saturated carbocycles.